The SMILES string of the molecule is Fc1cccc(-c2nccc3[nH]c(-c4n[nH]c5cc(F)c(-c6cncc(CNCC7CCCC7)c6)cc45)nc23)c1. The predicted molar refractivity (Wildman–Crippen MR) is 151 cm³/mol. The zero-order valence-electron chi connectivity index (χ0n) is 21.7. The minimum atomic E-state index is -0.359. The van der Waals surface area contributed by atoms with Crippen LogP contribution in [0.2, 0.25) is 0 Å². The second-order valence-corrected chi connectivity index (χ2v) is 10.5. The minimum Gasteiger partial charge on any atom is -0.336 e. The molecule has 0 bridgehead atoms. The molecule has 7 rings (SSSR count). The number of nitrogens with zero attached hydrogens (tertiary/aromatic N) is 4. The average molecular weight is 536 g/mol. The molecule has 0 amide bonds. The Morgan fingerprint density at radius 2 is 1.82 bits per heavy atom. The molecule has 4 heterocycles. The number of benzene rings is 2. The number of imidazole rings is 1. The summed E-state index contributed by atoms with van der Waals surface area (Å²) in [6, 6.07) is 13.3. The maximum absolute atomic E-state index is 15.3. The molecular formula is C31H27F2N7. The molecule has 40 heavy (non-hydrogen) atoms. The van der Waals surface area contributed by atoms with E-state index < -0.39 is 0 Å². The predicted octanol–water partition coefficient (Wildman–Crippen LogP) is 6.79. The number of hydrogen-bond donors (Lipinski definition) is 3. The Morgan fingerprint density at radius 1 is 0.925 bits per heavy atom. The van der Waals surface area contributed by atoms with Gasteiger partial charge in [0.2, 0.25) is 0 Å². The third-order valence-electron chi connectivity index (χ3n) is 7.72. The van der Waals surface area contributed by atoms with Crippen LogP contribution in [0.3, 0.4) is 0 Å². The largest absolute Gasteiger partial charge is 0.336 e. The molecule has 0 unspecified atom stereocenters. The highest BCUT2D eigenvalue weighted by atomic mass is 19.1. The van der Waals surface area contributed by atoms with Gasteiger partial charge in [0.25, 0.3) is 0 Å². The van der Waals surface area contributed by atoms with Crippen molar-refractivity contribution < 1.29 is 8.78 Å². The molecule has 2 aromatic carbocycles. The number of H-pyrrole nitrogens is 2. The fraction of sp³-hybridized carbons (Fsp3) is 0.226. The highest BCUT2D eigenvalue weighted by molar-refractivity contribution is 5.97. The van der Waals surface area contributed by atoms with E-state index >= 15 is 4.39 Å². The van der Waals surface area contributed by atoms with Crippen LogP contribution in [-0.4, -0.2) is 36.7 Å². The Labute approximate surface area is 229 Å². The average Bonchev–Trinajstić information content (AvgIpc) is 3.72. The smallest absolute Gasteiger partial charge is 0.159 e. The van der Waals surface area contributed by atoms with Gasteiger partial charge in [-0.15, -0.1) is 0 Å². The van der Waals surface area contributed by atoms with E-state index in [1.807, 2.05) is 18.3 Å². The molecule has 1 fully saturated rings. The van der Waals surface area contributed by atoms with Crippen molar-refractivity contribution in [3.63, 3.8) is 0 Å². The van der Waals surface area contributed by atoms with E-state index in [4.69, 9.17) is 4.98 Å². The van der Waals surface area contributed by atoms with Crippen LogP contribution in [-0.2, 0) is 6.54 Å². The molecule has 6 aromatic rings. The van der Waals surface area contributed by atoms with E-state index in [1.54, 1.807) is 30.6 Å². The molecule has 0 atom stereocenters. The fourth-order valence-electron chi connectivity index (χ4n) is 5.70. The van der Waals surface area contributed by atoms with Crippen molar-refractivity contribution in [1.82, 2.24) is 35.5 Å². The number of nitrogens with one attached hydrogen (secondary N) is 3. The normalized spacial score (nSPS) is 14.1. The van der Waals surface area contributed by atoms with Gasteiger partial charge in [-0.1, -0.05) is 25.0 Å². The lowest BCUT2D eigenvalue weighted by Crippen LogP contribution is -2.20. The summed E-state index contributed by atoms with van der Waals surface area (Å²) >= 11 is 0. The molecule has 9 heteroatoms. The number of aromatic amines is 2. The number of rotatable bonds is 7. The quantitative estimate of drug-likeness (QED) is 0.209. The van der Waals surface area contributed by atoms with E-state index in [0.717, 1.165) is 28.9 Å². The summed E-state index contributed by atoms with van der Waals surface area (Å²) in [5.41, 5.74) is 5.81. The van der Waals surface area contributed by atoms with E-state index in [0.29, 0.717) is 51.5 Å². The maximum atomic E-state index is 15.3. The summed E-state index contributed by atoms with van der Waals surface area (Å²) in [7, 11) is 0. The van der Waals surface area contributed by atoms with Crippen molar-refractivity contribution in [1.29, 1.82) is 0 Å². The molecular weight excluding hydrogens is 508 g/mol. The number of hydrogen-bond acceptors (Lipinski definition) is 5. The monoisotopic (exact) mass is 535 g/mol. The van der Waals surface area contributed by atoms with Crippen molar-refractivity contribution >= 4 is 21.9 Å². The minimum absolute atomic E-state index is 0.344. The molecule has 7 nitrogen and oxygen atoms in total. The van der Waals surface area contributed by atoms with Crippen molar-refractivity contribution in [3.8, 4) is 33.9 Å². The Hall–Kier alpha value is -4.50. The molecule has 1 aliphatic carbocycles. The maximum Gasteiger partial charge on any atom is 0.159 e. The van der Waals surface area contributed by atoms with Crippen LogP contribution in [0.1, 0.15) is 31.2 Å². The highest BCUT2D eigenvalue weighted by Crippen LogP contribution is 2.34. The van der Waals surface area contributed by atoms with Crippen molar-refractivity contribution in [3.05, 3.63) is 84.3 Å². The first-order valence-corrected chi connectivity index (χ1v) is 13.6. The fourth-order valence-corrected chi connectivity index (χ4v) is 5.70. The van der Waals surface area contributed by atoms with Gasteiger partial charge >= 0.3 is 0 Å². The van der Waals surface area contributed by atoms with Crippen molar-refractivity contribution in [2.75, 3.05) is 6.54 Å². The summed E-state index contributed by atoms with van der Waals surface area (Å²) in [6.07, 6.45) is 10.4. The molecule has 0 aliphatic heterocycles. The van der Waals surface area contributed by atoms with Gasteiger partial charge in [0.1, 0.15) is 22.8 Å². The molecule has 3 N–H and O–H groups in total. The zero-order valence-corrected chi connectivity index (χ0v) is 21.7. The number of halogens is 2. The summed E-state index contributed by atoms with van der Waals surface area (Å²) in [6.45, 7) is 1.69. The summed E-state index contributed by atoms with van der Waals surface area (Å²) in [5, 5.41) is 11.6. The number of aromatic nitrogens is 6. The van der Waals surface area contributed by atoms with E-state index in [-0.39, 0.29) is 11.6 Å². The lowest BCUT2D eigenvalue weighted by atomic mass is 10.0. The van der Waals surface area contributed by atoms with Gasteiger partial charge in [-0.3, -0.25) is 15.1 Å². The second-order valence-electron chi connectivity index (χ2n) is 10.5. The van der Waals surface area contributed by atoms with Crippen LogP contribution in [0.5, 0.6) is 0 Å². The Kier molecular flexibility index (Phi) is 6.28. The molecule has 4 aromatic heterocycles. The van der Waals surface area contributed by atoms with Crippen molar-refractivity contribution in [2.24, 2.45) is 5.92 Å². The number of pyridine rings is 2. The van der Waals surface area contributed by atoms with Crippen LogP contribution < -0.4 is 5.32 Å². The van der Waals surface area contributed by atoms with Crippen LogP contribution in [0, 0.1) is 17.6 Å². The summed E-state index contributed by atoms with van der Waals surface area (Å²) in [5.74, 6) is 0.549. The Balaban J connectivity index is 1.23. The molecule has 1 saturated carbocycles. The number of fused-ring (bicyclic) bond motifs is 2. The van der Waals surface area contributed by atoms with Gasteiger partial charge in [-0.25, -0.2) is 13.8 Å². The van der Waals surface area contributed by atoms with Gasteiger partial charge in [0.15, 0.2) is 5.82 Å². The Morgan fingerprint density at radius 3 is 2.70 bits per heavy atom. The van der Waals surface area contributed by atoms with E-state index in [1.165, 1.54) is 43.9 Å². The van der Waals surface area contributed by atoms with Gasteiger partial charge < -0.3 is 10.3 Å². The summed E-state index contributed by atoms with van der Waals surface area (Å²) in [4.78, 5) is 16.9. The standard InChI is InChI=1S/C31H27F2N7/c32-22-7-3-6-20(11-22)28-30-26(8-9-36-28)37-31(38-30)29-24-12-23(25(33)13-27(24)39-40-29)21-10-19(16-35-17-21)15-34-14-18-4-1-2-5-18/h3,6-13,16-18,34H,1-2,4-5,14-15H2,(H,37,38)(H,39,40). The van der Waals surface area contributed by atoms with Gasteiger partial charge in [0.05, 0.1) is 16.7 Å². The Bertz CT molecular complexity index is 1840. The van der Waals surface area contributed by atoms with Gasteiger partial charge in [-0.2, -0.15) is 5.10 Å². The van der Waals surface area contributed by atoms with Crippen LogP contribution >= 0.6 is 0 Å². The first kappa shape index (κ1) is 24.5. The van der Waals surface area contributed by atoms with Crippen LogP contribution in [0.4, 0.5) is 8.78 Å². The highest BCUT2D eigenvalue weighted by Gasteiger charge is 2.19. The lowest BCUT2D eigenvalue weighted by Gasteiger charge is -2.11. The lowest BCUT2D eigenvalue weighted by molar-refractivity contribution is 0.489. The van der Waals surface area contributed by atoms with Gasteiger partial charge in [0, 0.05) is 53.3 Å². The van der Waals surface area contributed by atoms with Gasteiger partial charge in [-0.05, 0) is 61.2 Å². The summed E-state index contributed by atoms with van der Waals surface area (Å²) < 4.78 is 29.2. The van der Waals surface area contributed by atoms with Crippen LogP contribution in [0.25, 0.3) is 55.8 Å². The molecule has 1 aliphatic rings. The third-order valence-corrected chi connectivity index (χ3v) is 7.72. The van der Waals surface area contributed by atoms with E-state index in [2.05, 4.69) is 30.5 Å². The van der Waals surface area contributed by atoms with Crippen LogP contribution in [0.15, 0.2) is 67.1 Å². The molecule has 0 saturated heterocycles. The molecule has 0 radical (unpaired) electrons. The topological polar surface area (TPSA) is 95.2 Å². The zero-order chi connectivity index (χ0) is 27.1. The second kappa shape index (κ2) is 10.2. The van der Waals surface area contributed by atoms with Crippen molar-refractivity contribution in [2.45, 2.75) is 32.2 Å². The third kappa shape index (κ3) is 4.62. The molecule has 0 spiro atoms. The first-order chi connectivity index (χ1) is 19.6. The first-order valence-electron chi connectivity index (χ1n) is 13.6. The van der Waals surface area contributed by atoms with E-state index in [9.17, 15) is 4.39 Å². The molecule has 200 valence electrons.